The van der Waals surface area contributed by atoms with E-state index in [2.05, 4.69) is 67.5 Å². The van der Waals surface area contributed by atoms with Crippen molar-refractivity contribution < 1.29 is 10.2 Å². The van der Waals surface area contributed by atoms with Crippen molar-refractivity contribution in [3.05, 3.63) is 68.8 Å². The number of rotatable bonds is 0. The van der Waals surface area contributed by atoms with Crippen LogP contribution in [-0.4, -0.2) is 10.2 Å². The van der Waals surface area contributed by atoms with Crippen molar-refractivity contribution in [3.8, 4) is 11.5 Å². The molecule has 162 valence electrons. The molecule has 0 spiro atoms. The van der Waals surface area contributed by atoms with Crippen molar-refractivity contribution in [2.24, 2.45) is 0 Å². The van der Waals surface area contributed by atoms with Crippen LogP contribution >= 0.6 is 0 Å². The van der Waals surface area contributed by atoms with Gasteiger partial charge in [-0.15, -0.1) is 0 Å². The Hall–Kier alpha value is -3.26. The second kappa shape index (κ2) is 6.62. The van der Waals surface area contributed by atoms with Gasteiger partial charge in [0.1, 0.15) is 11.5 Å². The Balaban J connectivity index is 2.02. The standard InChI is InChI=1S/C30H30O2/c1-13-15(3)19(7)27-23(17(13)5)9-21-11-26-22(12-25(21)29(27)31)10-24-18(6)14(2)16(4)20(8)28(24)30(26)32/h9-12,31-32H,1-8H3. The molecule has 0 radical (unpaired) electrons. The lowest BCUT2D eigenvalue weighted by molar-refractivity contribution is 0.486. The lowest BCUT2D eigenvalue weighted by Gasteiger charge is -2.19. The molecule has 2 heteroatoms. The minimum Gasteiger partial charge on any atom is -0.507 e. The molecule has 0 unspecified atom stereocenters. The zero-order chi connectivity index (χ0) is 23.2. The third kappa shape index (κ3) is 2.47. The molecular weight excluding hydrogens is 392 g/mol. The Bertz CT molecular complexity index is 1530. The molecule has 0 aliphatic carbocycles. The monoisotopic (exact) mass is 422 g/mol. The number of phenolic OH excluding ortho intramolecular Hbond substituents is 2. The Morgan fingerprint density at radius 2 is 0.656 bits per heavy atom. The summed E-state index contributed by atoms with van der Waals surface area (Å²) in [6, 6.07) is 8.40. The van der Waals surface area contributed by atoms with Crippen LogP contribution in [0.5, 0.6) is 11.5 Å². The highest BCUT2D eigenvalue weighted by atomic mass is 16.3. The maximum Gasteiger partial charge on any atom is 0.131 e. The summed E-state index contributed by atoms with van der Waals surface area (Å²) in [7, 11) is 0. The number of fused-ring (bicyclic) bond motifs is 4. The first-order chi connectivity index (χ1) is 15.0. The largest absolute Gasteiger partial charge is 0.507 e. The number of benzene rings is 5. The molecule has 0 aliphatic rings. The highest BCUT2D eigenvalue weighted by Gasteiger charge is 2.19. The van der Waals surface area contributed by atoms with Crippen LogP contribution in [0.1, 0.15) is 44.5 Å². The Morgan fingerprint density at radius 1 is 0.375 bits per heavy atom. The Morgan fingerprint density at radius 3 is 1.00 bits per heavy atom. The summed E-state index contributed by atoms with van der Waals surface area (Å²) in [6.45, 7) is 17.0. The summed E-state index contributed by atoms with van der Waals surface area (Å²) in [6.07, 6.45) is 0. The van der Waals surface area contributed by atoms with Gasteiger partial charge in [0.2, 0.25) is 0 Å². The first-order valence-electron chi connectivity index (χ1n) is 11.3. The van der Waals surface area contributed by atoms with Gasteiger partial charge in [0.25, 0.3) is 0 Å². The number of hydrogen-bond acceptors (Lipinski definition) is 2. The van der Waals surface area contributed by atoms with E-state index in [9.17, 15) is 10.2 Å². The van der Waals surface area contributed by atoms with Crippen molar-refractivity contribution in [1.29, 1.82) is 0 Å². The Kier molecular flexibility index (Phi) is 4.27. The van der Waals surface area contributed by atoms with Gasteiger partial charge in [-0.05, 0) is 146 Å². The van der Waals surface area contributed by atoms with Crippen molar-refractivity contribution in [2.75, 3.05) is 0 Å². The average molecular weight is 423 g/mol. The zero-order valence-electron chi connectivity index (χ0n) is 20.2. The normalized spacial score (nSPS) is 12.0. The van der Waals surface area contributed by atoms with E-state index in [1.165, 1.54) is 33.4 Å². The van der Waals surface area contributed by atoms with Gasteiger partial charge >= 0.3 is 0 Å². The molecule has 0 fully saturated rings. The lowest BCUT2D eigenvalue weighted by Crippen LogP contribution is -1.96. The van der Waals surface area contributed by atoms with E-state index < -0.39 is 0 Å². The van der Waals surface area contributed by atoms with E-state index in [0.717, 1.165) is 54.2 Å². The molecule has 0 heterocycles. The van der Waals surface area contributed by atoms with Gasteiger partial charge in [0, 0.05) is 21.5 Å². The first kappa shape index (κ1) is 20.6. The molecular formula is C30H30O2. The van der Waals surface area contributed by atoms with Crippen LogP contribution in [0.25, 0.3) is 43.1 Å². The SMILES string of the molecule is Cc1c(C)c(C)c2c(O)c3cc4cc5c(C)c(C)c(C)c(C)c5c(O)c4cc3cc2c1C. The third-order valence-electron chi connectivity index (χ3n) is 8.28. The second-order valence-electron chi connectivity index (χ2n) is 9.59. The van der Waals surface area contributed by atoms with E-state index in [4.69, 9.17) is 0 Å². The summed E-state index contributed by atoms with van der Waals surface area (Å²) in [5.41, 5.74) is 9.63. The average Bonchev–Trinajstić information content (AvgIpc) is 2.77. The quantitative estimate of drug-likeness (QED) is 0.247. The second-order valence-corrected chi connectivity index (χ2v) is 9.59. The van der Waals surface area contributed by atoms with E-state index in [-0.39, 0.29) is 0 Å². The lowest BCUT2D eigenvalue weighted by atomic mass is 9.87. The summed E-state index contributed by atoms with van der Waals surface area (Å²) in [5.74, 6) is 0.659. The predicted octanol–water partition coefficient (Wildman–Crippen LogP) is 8.18. The zero-order valence-corrected chi connectivity index (χ0v) is 20.2. The van der Waals surface area contributed by atoms with Crippen molar-refractivity contribution in [2.45, 2.75) is 55.4 Å². The minimum atomic E-state index is 0.329. The number of aryl methyl sites for hydroxylation is 4. The van der Waals surface area contributed by atoms with Crippen LogP contribution < -0.4 is 0 Å². The smallest absolute Gasteiger partial charge is 0.131 e. The highest BCUT2D eigenvalue weighted by molar-refractivity contribution is 6.16. The molecule has 0 saturated carbocycles. The van der Waals surface area contributed by atoms with Gasteiger partial charge < -0.3 is 10.2 Å². The van der Waals surface area contributed by atoms with E-state index in [0.29, 0.717) is 11.5 Å². The maximum absolute atomic E-state index is 11.4. The van der Waals surface area contributed by atoms with E-state index >= 15 is 0 Å². The van der Waals surface area contributed by atoms with Gasteiger partial charge in [-0.2, -0.15) is 0 Å². The molecule has 0 saturated heterocycles. The fraction of sp³-hybridized carbons (Fsp3) is 0.267. The van der Waals surface area contributed by atoms with Gasteiger partial charge in [0.05, 0.1) is 0 Å². The molecule has 5 aromatic carbocycles. The predicted molar refractivity (Wildman–Crippen MR) is 138 cm³/mol. The van der Waals surface area contributed by atoms with Gasteiger partial charge in [-0.25, -0.2) is 0 Å². The Labute approximate surface area is 189 Å². The summed E-state index contributed by atoms with van der Waals surface area (Å²) in [5, 5.41) is 30.3. The third-order valence-corrected chi connectivity index (χ3v) is 8.28. The number of hydrogen-bond donors (Lipinski definition) is 2. The molecule has 0 aliphatic heterocycles. The highest BCUT2D eigenvalue weighted by Crippen LogP contribution is 2.45. The molecule has 0 atom stereocenters. The fourth-order valence-corrected chi connectivity index (χ4v) is 5.52. The molecule has 0 amide bonds. The van der Waals surface area contributed by atoms with Crippen LogP contribution in [0.3, 0.4) is 0 Å². The fourth-order valence-electron chi connectivity index (χ4n) is 5.52. The molecule has 0 bridgehead atoms. The first-order valence-corrected chi connectivity index (χ1v) is 11.3. The van der Waals surface area contributed by atoms with Gasteiger partial charge in [-0.1, -0.05) is 0 Å². The van der Waals surface area contributed by atoms with Crippen molar-refractivity contribution in [1.82, 2.24) is 0 Å². The summed E-state index contributed by atoms with van der Waals surface area (Å²) >= 11 is 0. The molecule has 5 aromatic rings. The van der Waals surface area contributed by atoms with Crippen LogP contribution in [0.15, 0.2) is 24.3 Å². The maximum atomic E-state index is 11.4. The van der Waals surface area contributed by atoms with Crippen molar-refractivity contribution >= 4 is 43.1 Å². The summed E-state index contributed by atoms with van der Waals surface area (Å²) < 4.78 is 0. The van der Waals surface area contributed by atoms with Gasteiger partial charge in [-0.3, -0.25) is 0 Å². The molecule has 0 aromatic heterocycles. The molecule has 32 heavy (non-hydrogen) atoms. The minimum absolute atomic E-state index is 0.329. The van der Waals surface area contributed by atoms with Crippen LogP contribution in [0, 0.1) is 55.4 Å². The molecule has 2 nitrogen and oxygen atoms in total. The van der Waals surface area contributed by atoms with E-state index in [1.54, 1.807) is 0 Å². The number of phenols is 2. The molecule has 5 rings (SSSR count). The summed E-state index contributed by atoms with van der Waals surface area (Å²) in [4.78, 5) is 0. The van der Waals surface area contributed by atoms with Crippen molar-refractivity contribution in [3.63, 3.8) is 0 Å². The molecule has 2 N–H and O–H groups in total. The van der Waals surface area contributed by atoms with Crippen LogP contribution in [-0.2, 0) is 0 Å². The number of aromatic hydroxyl groups is 2. The van der Waals surface area contributed by atoms with Crippen LogP contribution in [0.2, 0.25) is 0 Å². The van der Waals surface area contributed by atoms with Gasteiger partial charge in [0.15, 0.2) is 0 Å². The van der Waals surface area contributed by atoms with E-state index in [1.807, 2.05) is 12.1 Å². The topological polar surface area (TPSA) is 40.5 Å². The van der Waals surface area contributed by atoms with Crippen LogP contribution in [0.4, 0.5) is 0 Å².